The van der Waals surface area contributed by atoms with E-state index in [4.69, 9.17) is 0 Å². The average molecular weight is 342 g/mol. The second-order valence-electron chi connectivity index (χ2n) is 6.45. The molecule has 0 spiro atoms. The summed E-state index contributed by atoms with van der Waals surface area (Å²) in [5.74, 6) is 0.759. The molecule has 1 atom stereocenters. The second kappa shape index (κ2) is 14.1. The van der Waals surface area contributed by atoms with Crippen LogP contribution in [0.25, 0.3) is 0 Å². The van der Waals surface area contributed by atoms with Crippen molar-refractivity contribution >= 4 is 11.9 Å². The summed E-state index contributed by atoms with van der Waals surface area (Å²) in [4.78, 5) is 20.2. The van der Waals surface area contributed by atoms with Crippen LogP contribution in [-0.2, 0) is 4.79 Å². The Morgan fingerprint density at radius 3 is 2.33 bits per heavy atom. The van der Waals surface area contributed by atoms with E-state index in [1.807, 2.05) is 0 Å². The number of nitrogens with one attached hydrogen (secondary N) is 2. The lowest BCUT2D eigenvalue weighted by atomic mass is 10.2. The number of carbonyl (C=O) groups excluding carboxylic acids is 1. The minimum atomic E-state index is 0.0146. The fraction of sp³-hybridized carbons (Fsp3) is 0.889. The predicted octanol–water partition coefficient (Wildman–Crippen LogP) is 1.92. The number of guanidine groups is 1. The molecule has 0 aliphatic rings. The summed E-state index contributed by atoms with van der Waals surface area (Å²) in [5.41, 5.74) is 0. The van der Waals surface area contributed by atoms with Gasteiger partial charge in [-0.25, -0.2) is 4.99 Å². The zero-order valence-electron chi connectivity index (χ0n) is 16.7. The van der Waals surface area contributed by atoms with Crippen LogP contribution in [-0.4, -0.2) is 74.5 Å². The Hall–Kier alpha value is -1.30. The number of unbranched alkanes of at least 4 members (excludes halogenated alkanes) is 1. The fourth-order valence-corrected chi connectivity index (χ4v) is 2.29. The van der Waals surface area contributed by atoms with Gasteiger partial charge >= 0.3 is 0 Å². The van der Waals surface area contributed by atoms with Gasteiger partial charge in [0.15, 0.2) is 5.96 Å². The maximum atomic E-state index is 11.7. The van der Waals surface area contributed by atoms with Crippen LogP contribution >= 0.6 is 0 Å². The van der Waals surface area contributed by atoms with Gasteiger partial charge in [-0.3, -0.25) is 4.79 Å². The number of aliphatic imine (C=N–C) groups is 1. The minimum absolute atomic E-state index is 0.0146. The maximum Gasteiger partial charge on any atom is 0.243 e. The van der Waals surface area contributed by atoms with E-state index in [-0.39, 0.29) is 12.5 Å². The van der Waals surface area contributed by atoms with Crippen molar-refractivity contribution in [2.24, 2.45) is 4.99 Å². The molecule has 0 aromatic heterocycles. The molecule has 0 saturated heterocycles. The number of nitrogens with zero attached hydrogens (tertiary/aromatic N) is 3. The smallest absolute Gasteiger partial charge is 0.243 e. The van der Waals surface area contributed by atoms with E-state index in [0.717, 1.165) is 57.8 Å². The van der Waals surface area contributed by atoms with Crippen LogP contribution < -0.4 is 10.6 Å². The Labute approximate surface area is 149 Å². The van der Waals surface area contributed by atoms with Crippen molar-refractivity contribution in [3.63, 3.8) is 0 Å². The molecule has 0 aromatic carbocycles. The zero-order valence-corrected chi connectivity index (χ0v) is 16.7. The van der Waals surface area contributed by atoms with E-state index in [9.17, 15) is 4.79 Å². The first-order chi connectivity index (χ1) is 11.4. The van der Waals surface area contributed by atoms with Crippen LogP contribution in [0.4, 0.5) is 0 Å². The summed E-state index contributed by atoms with van der Waals surface area (Å²) in [6.07, 6.45) is 4.48. The molecule has 142 valence electrons. The molecule has 6 heteroatoms. The molecule has 0 aliphatic heterocycles. The number of carbonyl (C=O) groups is 1. The van der Waals surface area contributed by atoms with Crippen molar-refractivity contribution in [2.75, 3.05) is 46.8 Å². The molecule has 0 radical (unpaired) electrons. The fourth-order valence-electron chi connectivity index (χ4n) is 2.29. The standard InChI is InChI=1S/C18H39N5O/c1-7-10-13-19-18(20-15-17(24)22(5)6)21-16(4)12-11-14-23(8-2)9-3/h16H,7-15H2,1-6H3,(H2,19,20,21). The van der Waals surface area contributed by atoms with Gasteiger partial charge in [0.1, 0.15) is 6.54 Å². The molecule has 6 nitrogen and oxygen atoms in total. The summed E-state index contributed by atoms with van der Waals surface area (Å²) in [7, 11) is 3.51. The molecule has 24 heavy (non-hydrogen) atoms. The number of likely N-dealkylation sites (N-methyl/N-ethyl adjacent to an activating group) is 1. The monoisotopic (exact) mass is 341 g/mol. The number of hydrogen-bond acceptors (Lipinski definition) is 3. The van der Waals surface area contributed by atoms with Gasteiger partial charge < -0.3 is 20.4 Å². The van der Waals surface area contributed by atoms with Crippen molar-refractivity contribution < 1.29 is 4.79 Å². The van der Waals surface area contributed by atoms with Gasteiger partial charge in [-0.15, -0.1) is 0 Å². The highest BCUT2D eigenvalue weighted by atomic mass is 16.2. The average Bonchev–Trinajstić information content (AvgIpc) is 2.56. The summed E-state index contributed by atoms with van der Waals surface area (Å²) >= 11 is 0. The summed E-state index contributed by atoms with van der Waals surface area (Å²) < 4.78 is 0. The van der Waals surface area contributed by atoms with Crippen molar-refractivity contribution in [2.45, 2.75) is 59.4 Å². The number of hydrogen-bond donors (Lipinski definition) is 2. The number of rotatable bonds is 12. The van der Waals surface area contributed by atoms with Crippen molar-refractivity contribution in [3.8, 4) is 0 Å². The zero-order chi connectivity index (χ0) is 18.4. The topological polar surface area (TPSA) is 60.0 Å². The number of amides is 1. The minimum Gasteiger partial charge on any atom is -0.356 e. The first-order valence-electron chi connectivity index (χ1n) is 9.41. The molecular weight excluding hydrogens is 302 g/mol. The van der Waals surface area contributed by atoms with Gasteiger partial charge in [0, 0.05) is 26.7 Å². The van der Waals surface area contributed by atoms with Gasteiger partial charge in [0.05, 0.1) is 0 Å². The first kappa shape index (κ1) is 22.7. The lowest BCUT2D eigenvalue weighted by molar-refractivity contribution is -0.127. The Bertz CT molecular complexity index is 353. The molecule has 0 rings (SSSR count). The second-order valence-corrected chi connectivity index (χ2v) is 6.45. The van der Waals surface area contributed by atoms with Crippen LogP contribution in [0, 0.1) is 0 Å². The third-order valence-corrected chi connectivity index (χ3v) is 4.08. The molecule has 0 aliphatic carbocycles. The SMILES string of the molecule is CCCCNC(=NCC(=O)N(C)C)NC(C)CCCN(CC)CC. The van der Waals surface area contributed by atoms with E-state index >= 15 is 0 Å². The van der Waals surface area contributed by atoms with E-state index in [0.29, 0.717) is 6.04 Å². The molecule has 0 saturated carbocycles. The largest absolute Gasteiger partial charge is 0.356 e. The highest BCUT2D eigenvalue weighted by Crippen LogP contribution is 2.00. The normalized spacial score (nSPS) is 13.0. The van der Waals surface area contributed by atoms with Crippen molar-refractivity contribution in [3.05, 3.63) is 0 Å². The van der Waals surface area contributed by atoms with Crippen LogP contribution in [0.3, 0.4) is 0 Å². The lowest BCUT2D eigenvalue weighted by Crippen LogP contribution is -2.43. The third-order valence-electron chi connectivity index (χ3n) is 4.08. The molecule has 0 aromatic rings. The maximum absolute atomic E-state index is 11.7. The quantitative estimate of drug-likeness (QED) is 0.323. The predicted molar refractivity (Wildman–Crippen MR) is 104 cm³/mol. The van der Waals surface area contributed by atoms with Crippen LogP contribution in [0.1, 0.15) is 53.4 Å². The molecular formula is C18H39N5O. The van der Waals surface area contributed by atoms with E-state index in [1.54, 1.807) is 19.0 Å². The van der Waals surface area contributed by atoms with Crippen LogP contribution in [0.15, 0.2) is 4.99 Å². The molecule has 0 fully saturated rings. The van der Waals surface area contributed by atoms with E-state index in [1.165, 1.54) is 0 Å². The van der Waals surface area contributed by atoms with Gasteiger partial charge in [-0.05, 0) is 45.8 Å². The summed E-state index contributed by atoms with van der Waals surface area (Å²) in [5, 5.41) is 6.75. The van der Waals surface area contributed by atoms with Gasteiger partial charge in [-0.2, -0.15) is 0 Å². The highest BCUT2D eigenvalue weighted by Gasteiger charge is 2.08. The van der Waals surface area contributed by atoms with E-state index in [2.05, 4.69) is 48.2 Å². The lowest BCUT2D eigenvalue weighted by Gasteiger charge is -2.21. The molecule has 0 bridgehead atoms. The highest BCUT2D eigenvalue weighted by molar-refractivity contribution is 5.84. The Balaban J connectivity index is 4.40. The Kier molecular flexibility index (Phi) is 13.3. The Morgan fingerprint density at radius 1 is 1.12 bits per heavy atom. The van der Waals surface area contributed by atoms with Crippen molar-refractivity contribution in [1.29, 1.82) is 0 Å². The third kappa shape index (κ3) is 11.3. The molecule has 0 heterocycles. The molecule has 1 amide bonds. The summed E-state index contributed by atoms with van der Waals surface area (Å²) in [6.45, 7) is 13.2. The first-order valence-corrected chi connectivity index (χ1v) is 9.41. The van der Waals surface area contributed by atoms with Crippen molar-refractivity contribution in [1.82, 2.24) is 20.4 Å². The molecule has 2 N–H and O–H groups in total. The van der Waals surface area contributed by atoms with Crippen LogP contribution in [0.5, 0.6) is 0 Å². The summed E-state index contributed by atoms with van der Waals surface area (Å²) in [6, 6.07) is 0.336. The van der Waals surface area contributed by atoms with Crippen LogP contribution in [0.2, 0.25) is 0 Å². The van der Waals surface area contributed by atoms with E-state index < -0.39 is 0 Å². The van der Waals surface area contributed by atoms with Gasteiger partial charge in [0.2, 0.25) is 5.91 Å². The molecule has 1 unspecified atom stereocenters. The van der Waals surface area contributed by atoms with Gasteiger partial charge in [-0.1, -0.05) is 27.2 Å². The Morgan fingerprint density at radius 2 is 1.79 bits per heavy atom. The van der Waals surface area contributed by atoms with Gasteiger partial charge in [0.25, 0.3) is 0 Å².